The van der Waals surface area contributed by atoms with Gasteiger partial charge in [0, 0.05) is 18.9 Å². The van der Waals surface area contributed by atoms with E-state index in [1.54, 1.807) is 0 Å². The van der Waals surface area contributed by atoms with E-state index in [0.29, 0.717) is 0 Å². The first-order valence-corrected chi connectivity index (χ1v) is 4.61. The van der Waals surface area contributed by atoms with Crippen molar-refractivity contribution in [2.24, 2.45) is 12.5 Å². The largest absolute Gasteiger partial charge is 0.383 e. The van der Waals surface area contributed by atoms with Crippen LogP contribution in [-0.4, -0.2) is 9.67 Å². The van der Waals surface area contributed by atoms with Gasteiger partial charge in [-0.25, -0.2) is 0 Å². The van der Waals surface area contributed by atoms with Gasteiger partial charge in [0.1, 0.15) is 5.60 Å². The number of hydrogen-bond donors (Lipinski definition) is 1. The van der Waals surface area contributed by atoms with Crippen molar-refractivity contribution in [2.75, 3.05) is 0 Å². The van der Waals surface area contributed by atoms with Gasteiger partial charge in [-0.1, -0.05) is 20.8 Å². The molecule has 1 rings (SSSR count). The van der Waals surface area contributed by atoms with Gasteiger partial charge in [0.15, 0.2) is 0 Å². The highest BCUT2D eigenvalue weighted by Gasteiger charge is 2.38. The topological polar surface area (TPSA) is 25.2 Å². The van der Waals surface area contributed by atoms with Crippen LogP contribution in [0.4, 0.5) is 0 Å². The van der Waals surface area contributed by atoms with Gasteiger partial charge in [0.05, 0.1) is 0 Å². The zero-order chi connectivity index (χ0) is 10.3. The third-order valence-corrected chi connectivity index (χ3v) is 2.90. The minimum atomic E-state index is -0.786. The summed E-state index contributed by atoms with van der Waals surface area (Å²) in [6.45, 7) is 7.99. The zero-order valence-electron chi connectivity index (χ0n) is 9.13. The first kappa shape index (κ1) is 10.3. The Morgan fingerprint density at radius 3 is 2.08 bits per heavy atom. The molecule has 0 radical (unpaired) electrons. The van der Waals surface area contributed by atoms with Gasteiger partial charge >= 0.3 is 0 Å². The van der Waals surface area contributed by atoms with E-state index in [-0.39, 0.29) is 5.41 Å². The summed E-state index contributed by atoms with van der Waals surface area (Å²) in [6.07, 6.45) is 1.95. The Kier molecular flexibility index (Phi) is 2.28. The van der Waals surface area contributed by atoms with Crippen LogP contribution in [0.5, 0.6) is 0 Å². The zero-order valence-corrected chi connectivity index (χ0v) is 9.13. The summed E-state index contributed by atoms with van der Waals surface area (Å²) >= 11 is 0. The highest BCUT2D eigenvalue weighted by molar-refractivity contribution is 5.17. The lowest BCUT2D eigenvalue weighted by atomic mass is 9.76. The molecule has 1 heterocycles. The number of rotatable bonds is 1. The molecule has 1 aromatic heterocycles. The summed E-state index contributed by atoms with van der Waals surface area (Å²) in [5.74, 6) is 0. The summed E-state index contributed by atoms with van der Waals surface area (Å²) in [7, 11) is 1.95. The van der Waals surface area contributed by atoms with Gasteiger partial charge in [0.2, 0.25) is 0 Å². The fourth-order valence-electron chi connectivity index (χ4n) is 1.35. The van der Waals surface area contributed by atoms with Gasteiger partial charge in [-0.15, -0.1) is 0 Å². The second kappa shape index (κ2) is 2.88. The molecule has 2 heteroatoms. The normalized spacial score (nSPS) is 17.1. The van der Waals surface area contributed by atoms with Crippen LogP contribution in [0.1, 0.15) is 33.4 Å². The fourth-order valence-corrected chi connectivity index (χ4v) is 1.35. The average molecular weight is 181 g/mol. The summed E-state index contributed by atoms with van der Waals surface area (Å²) in [4.78, 5) is 0. The number of nitrogens with zero attached hydrogens (tertiary/aromatic N) is 1. The molecule has 0 amide bonds. The highest BCUT2D eigenvalue weighted by Crippen LogP contribution is 2.38. The van der Waals surface area contributed by atoms with E-state index in [9.17, 15) is 5.11 Å². The van der Waals surface area contributed by atoms with Crippen LogP contribution in [0, 0.1) is 5.41 Å². The molecule has 1 unspecified atom stereocenters. The Morgan fingerprint density at radius 1 is 1.23 bits per heavy atom. The fraction of sp³-hybridized carbons (Fsp3) is 0.636. The van der Waals surface area contributed by atoms with Gasteiger partial charge in [0.25, 0.3) is 0 Å². The van der Waals surface area contributed by atoms with Crippen molar-refractivity contribution < 1.29 is 5.11 Å². The molecule has 0 saturated heterocycles. The van der Waals surface area contributed by atoms with Crippen molar-refractivity contribution in [2.45, 2.75) is 33.3 Å². The SMILES string of the molecule is Cn1cccc1C(C)(O)C(C)(C)C. The molecule has 0 aromatic carbocycles. The molecule has 1 atom stereocenters. The predicted molar refractivity (Wildman–Crippen MR) is 54.4 cm³/mol. The monoisotopic (exact) mass is 181 g/mol. The van der Waals surface area contributed by atoms with Crippen molar-refractivity contribution in [3.05, 3.63) is 24.0 Å². The van der Waals surface area contributed by atoms with Crippen molar-refractivity contribution in [3.63, 3.8) is 0 Å². The smallest absolute Gasteiger partial charge is 0.106 e. The summed E-state index contributed by atoms with van der Waals surface area (Å²) in [5, 5.41) is 10.4. The van der Waals surface area contributed by atoms with Crippen molar-refractivity contribution in [1.29, 1.82) is 0 Å². The van der Waals surface area contributed by atoms with Crippen LogP contribution >= 0.6 is 0 Å². The van der Waals surface area contributed by atoms with E-state index in [2.05, 4.69) is 0 Å². The minimum absolute atomic E-state index is 0.154. The second-order valence-corrected chi connectivity index (χ2v) is 4.83. The number of aliphatic hydroxyl groups is 1. The van der Waals surface area contributed by atoms with Crippen LogP contribution in [-0.2, 0) is 12.6 Å². The molecule has 0 spiro atoms. The van der Waals surface area contributed by atoms with Crippen molar-refractivity contribution in [3.8, 4) is 0 Å². The Labute approximate surface area is 80.2 Å². The minimum Gasteiger partial charge on any atom is -0.383 e. The van der Waals surface area contributed by atoms with Gasteiger partial charge in [-0.3, -0.25) is 0 Å². The lowest BCUT2D eigenvalue weighted by Crippen LogP contribution is -2.38. The molecule has 74 valence electrons. The second-order valence-electron chi connectivity index (χ2n) is 4.83. The molecule has 1 N–H and O–H groups in total. The maximum absolute atomic E-state index is 10.4. The Hall–Kier alpha value is -0.760. The van der Waals surface area contributed by atoms with E-state index in [0.717, 1.165) is 5.69 Å². The van der Waals surface area contributed by atoms with Crippen LogP contribution in [0.25, 0.3) is 0 Å². The summed E-state index contributed by atoms with van der Waals surface area (Å²) in [6, 6.07) is 3.92. The standard InChI is InChI=1S/C11H19NO/c1-10(2,3)11(4,13)9-7-6-8-12(9)5/h6-8,13H,1-5H3. The van der Waals surface area contributed by atoms with Crippen LogP contribution in [0.3, 0.4) is 0 Å². The molecule has 0 fully saturated rings. The van der Waals surface area contributed by atoms with Gasteiger partial charge < -0.3 is 9.67 Å². The molecule has 13 heavy (non-hydrogen) atoms. The Morgan fingerprint density at radius 2 is 1.77 bits per heavy atom. The molecule has 0 bridgehead atoms. The maximum Gasteiger partial charge on any atom is 0.106 e. The molecule has 2 nitrogen and oxygen atoms in total. The van der Waals surface area contributed by atoms with Gasteiger partial charge in [-0.2, -0.15) is 0 Å². The van der Waals surface area contributed by atoms with E-state index >= 15 is 0 Å². The quantitative estimate of drug-likeness (QED) is 0.706. The molecule has 1 aromatic rings. The molecular weight excluding hydrogens is 162 g/mol. The van der Waals surface area contributed by atoms with E-state index in [4.69, 9.17) is 0 Å². The van der Waals surface area contributed by atoms with Gasteiger partial charge in [-0.05, 0) is 24.5 Å². The van der Waals surface area contributed by atoms with Crippen LogP contribution in [0.2, 0.25) is 0 Å². The number of aryl methyl sites for hydroxylation is 1. The van der Waals surface area contributed by atoms with Crippen LogP contribution in [0.15, 0.2) is 18.3 Å². The van der Waals surface area contributed by atoms with Crippen molar-refractivity contribution >= 4 is 0 Å². The third kappa shape index (κ3) is 1.63. The number of aromatic nitrogens is 1. The highest BCUT2D eigenvalue weighted by atomic mass is 16.3. The number of hydrogen-bond acceptors (Lipinski definition) is 1. The lowest BCUT2D eigenvalue weighted by Gasteiger charge is -2.37. The van der Waals surface area contributed by atoms with E-state index < -0.39 is 5.60 Å². The summed E-state index contributed by atoms with van der Waals surface area (Å²) < 4.78 is 1.96. The first-order valence-electron chi connectivity index (χ1n) is 4.61. The maximum atomic E-state index is 10.4. The molecular formula is C11H19NO. The average Bonchev–Trinajstić information content (AvgIpc) is 2.32. The molecule has 0 saturated carbocycles. The molecule has 0 aliphatic heterocycles. The Balaban J connectivity index is 3.15. The van der Waals surface area contributed by atoms with Crippen molar-refractivity contribution in [1.82, 2.24) is 4.57 Å². The first-order chi connectivity index (χ1) is 5.77. The third-order valence-electron chi connectivity index (χ3n) is 2.90. The summed E-state index contributed by atoms with van der Waals surface area (Å²) in [5.41, 5.74) is 0.0182. The van der Waals surface area contributed by atoms with Crippen LogP contribution < -0.4 is 0 Å². The predicted octanol–water partition coefficient (Wildman–Crippen LogP) is 2.28. The Bertz CT molecular complexity index is 291. The molecule has 0 aliphatic rings. The van der Waals surface area contributed by atoms with E-state index in [1.165, 1.54) is 0 Å². The van der Waals surface area contributed by atoms with E-state index in [1.807, 2.05) is 57.6 Å². The molecule has 0 aliphatic carbocycles. The lowest BCUT2D eigenvalue weighted by molar-refractivity contribution is -0.0527.